The number of anilines is 3. The molecule has 0 saturated heterocycles. The summed E-state index contributed by atoms with van der Waals surface area (Å²) in [6.45, 7) is 7.16. The smallest absolute Gasteiger partial charge is 0.247 e. The number of aromatic nitrogens is 2. The van der Waals surface area contributed by atoms with E-state index in [1.165, 1.54) is 6.92 Å². The fraction of sp³-hybridized carbons (Fsp3) is 0.389. The number of hydrogen-bond donors (Lipinski definition) is 3. The predicted octanol–water partition coefficient (Wildman–Crippen LogP) is 2.87. The van der Waals surface area contributed by atoms with Crippen molar-refractivity contribution >= 4 is 29.0 Å². The van der Waals surface area contributed by atoms with Crippen molar-refractivity contribution in [2.75, 3.05) is 23.1 Å². The zero-order valence-corrected chi connectivity index (χ0v) is 15.7. The van der Waals surface area contributed by atoms with Gasteiger partial charge in [0.15, 0.2) is 0 Å². The second-order valence-electron chi connectivity index (χ2n) is 6.21. The predicted molar refractivity (Wildman–Crippen MR) is 102 cm³/mol. The van der Waals surface area contributed by atoms with Crippen LogP contribution < -0.4 is 20.7 Å². The highest BCUT2D eigenvalue weighted by Gasteiger charge is 2.17. The van der Waals surface area contributed by atoms with Crippen LogP contribution in [-0.4, -0.2) is 34.7 Å². The first-order valence-corrected chi connectivity index (χ1v) is 8.38. The molecular formula is C18H25N5O3. The fourth-order valence-corrected chi connectivity index (χ4v) is 2.46. The lowest BCUT2D eigenvalue weighted by atomic mass is 10.2. The molecule has 8 heteroatoms. The lowest BCUT2D eigenvalue weighted by Gasteiger charge is -2.19. The summed E-state index contributed by atoms with van der Waals surface area (Å²) in [4.78, 5) is 23.8. The molecule has 0 saturated carbocycles. The van der Waals surface area contributed by atoms with Gasteiger partial charge in [-0.05, 0) is 39.0 Å². The van der Waals surface area contributed by atoms with Gasteiger partial charge in [0.25, 0.3) is 0 Å². The van der Waals surface area contributed by atoms with Crippen molar-refractivity contribution in [3.05, 3.63) is 30.5 Å². The quantitative estimate of drug-likeness (QED) is 0.706. The maximum Gasteiger partial charge on any atom is 0.247 e. The Morgan fingerprint density at radius 3 is 2.50 bits per heavy atom. The van der Waals surface area contributed by atoms with Crippen LogP contribution in [0, 0.1) is 0 Å². The van der Waals surface area contributed by atoms with Crippen LogP contribution in [0.2, 0.25) is 0 Å². The monoisotopic (exact) mass is 359 g/mol. The van der Waals surface area contributed by atoms with Crippen LogP contribution in [-0.2, 0) is 9.59 Å². The molecule has 3 N–H and O–H groups in total. The minimum atomic E-state index is -0.535. The molecule has 0 aliphatic heterocycles. The molecule has 0 bridgehead atoms. The number of carbonyl (C=O) groups excluding carboxylic acids is 2. The molecular weight excluding hydrogens is 334 g/mol. The van der Waals surface area contributed by atoms with Crippen LogP contribution in [0.4, 0.5) is 17.2 Å². The number of rotatable bonds is 7. The van der Waals surface area contributed by atoms with E-state index in [2.05, 4.69) is 21.0 Å². The number of ether oxygens (including phenoxy) is 1. The Labute approximate surface area is 152 Å². The molecule has 0 unspecified atom stereocenters. The van der Waals surface area contributed by atoms with Crippen molar-refractivity contribution in [3.8, 4) is 5.75 Å². The second-order valence-corrected chi connectivity index (χ2v) is 6.21. The van der Waals surface area contributed by atoms with Crippen molar-refractivity contribution in [2.24, 2.45) is 0 Å². The molecule has 8 nitrogen and oxygen atoms in total. The van der Waals surface area contributed by atoms with Gasteiger partial charge in [-0.1, -0.05) is 0 Å². The van der Waals surface area contributed by atoms with Crippen molar-refractivity contribution in [2.45, 2.75) is 39.8 Å². The molecule has 0 aliphatic rings. The maximum absolute atomic E-state index is 12.5. The Kier molecular flexibility index (Phi) is 6.21. The molecule has 1 heterocycles. The molecule has 26 heavy (non-hydrogen) atoms. The minimum absolute atomic E-state index is 0.137. The van der Waals surface area contributed by atoms with Gasteiger partial charge >= 0.3 is 0 Å². The summed E-state index contributed by atoms with van der Waals surface area (Å²) < 4.78 is 7.06. The van der Waals surface area contributed by atoms with Crippen molar-refractivity contribution in [3.63, 3.8) is 0 Å². The summed E-state index contributed by atoms with van der Waals surface area (Å²) in [7, 11) is 1.55. The standard InChI is InChI=1S/C18H25N5O3/c1-11(2)23-17(8-9-19-23)22-18(25)12(3)20-15-10-14(21-13(4)24)6-7-16(15)26-5/h6-12,20H,1-5H3,(H,21,24)(H,22,25)/t12-/m0/s1. The van der Waals surface area contributed by atoms with E-state index in [-0.39, 0.29) is 17.9 Å². The van der Waals surface area contributed by atoms with Crippen LogP contribution in [0.15, 0.2) is 30.5 Å². The van der Waals surface area contributed by atoms with Crippen LogP contribution in [0.1, 0.15) is 33.7 Å². The van der Waals surface area contributed by atoms with Crippen LogP contribution in [0.25, 0.3) is 0 Å². The lowest BCUT2D eigenvalue weighted by Crippen LogP contribution is -2.33. The molecule has 0 fully saturated rings. The highest BCUT2D eigenvalue weighted by atomic mass is 16.5. The van der Waals surface area contributed by atoms with Gasteiger partial charge in [0.1, 0.15) is 17.6 Å². The van der Waals surface area contributed by atoms with Gasteiger partial charge < -0.3 is 20.7 Å². The summed E-state index contributed by atoms with van der Waals surface area (Å²) in [5.41, 5.74) is 1.23. The second kappa shape index (κ2) is 8.37. The number of methoxy groups -OCH3 is 1. The number of amides is 2. The first-order valence-electron chi connectivity index (χ1n) is 8.38. The molecule has 1 aromatic heterocycles. The van der Waals surface area contributed by atoms with Crippen LogP contribution >= 0.6 is 0 Å². The first-order chi connectivity index (χ1) is 12.3. The van der Waals surface area contributed by atoms with Crippen molar-refractivity contribution in [1.29, 1.82) is 0 Å². The van der Waals surface area contributed by atoms with E-state index in [1.807, 2.05) is 13.8 Å². The highest BCUT2D eigenvalue weighted by Crippen LogP contribution is 2.28. The fourth-order valence-electron chi connectivity index (χ4n) is 2.46. The van der Waals surface area contributed by atoms with E-state index >= 15 is 0 Å². The Hall–Kier alpha value is -3.03. The van der Waals surface area contributed by atoms with Crippen molar-refractivity contribution < 1.29 is 14.3 Å². The van der Waals surface area contributed by atoms with Crippen LogP contribution in [0.3, 0.4) is 0 Å². The number of hydrogen-bond acceptors (Lipinski definition) is 5. The van der Waals surface area contributed by atoms with E-state index in [4.69, 9.17) is 4.74 Å². The Bertz CT molecular complexity index is 785. The van der Waals surface area contributed by atoms with E-state index in [0.29, 0.717) is 22.9 Å². The van der Waals surface area contributed by atoms with E-state index in [9.17, 15) is 9.59 Å². The Morgan fingerprint density at radius 2 is 1.88 bits per heavy atom. The molecule has 2 rings (SSSR count). The largest absolute Gasteiger partial charge is 0.495 e. The third-order valence-electron chi connectivity index (χ3n) is 3.70. The zero-order chi connectivity index (χ0) is 19.3. The van der Waals surface area contributed by atoms with E-state index in [0.717, 1.165) is 0 Å². The number of nitrogens with zero attached hydrogens (tertiary/aromatic N) is 2. The Balaban J connectivity index is 2.12. The number of nitrogens with one attached hydrogen (secondary N) is 3. The molecule has 0 aliphatic carbocycles. The molecule has 0 radical (unpaired) electrons. The van der Waals surface area contributed by atoms with Gasteiger partial charge in [-0.25, -0.2) is 4.68 Å². The maximum atomic E-state index is 12.5. The average molecular weight is 359 g/mol. The summed E-state index contributed by atoms with van der Waals surface area (Å²) in [5, 5.41) is 12.9. The zero-order valence-electron chi connectivity index (χ0n) is 15.7. The van der Waals surface area contributed by atoms with Gasteiger partial charge in [-0.15, -0.1) is 0 Å². The van der Waals surface area contributed by atoms with E-state index < -0.39 is 6.04 Å². The third-order valence-corrected chi connectivity index (χ3v) is 3.70. The summed E-state index contributed by atoms with van der Waals surface area (Å²) in [6.07, 6.45) is 1.65. The van der Waals surface area contributed by atoms with Crippen LogP contribution in [0.5, 0.6) is 5.75 Å². The normalized spacial score (nSPS) is 11.8. The van der Waals surface area contributed by atoms with Gasteiger partial charge in [-0.2, -0.15) is 5.10 Å². The first kappa shape index (κ1) is 19.3. The van der Waals surface area contributed by atoms with Gasteiger partial charge in [0.2, 0.25) is 11.8 Å². The SMILES string of the molecule is COc1ccc(NC(C)=O)cc1N[C@@H](C)C(=O)Nc1ccnn1C(C)C. The summed E-state index contributed by atoms with van der Waals surface area (Å²) in [5.74, 6) is 0.830. The molecule has 0 spiro atoms. The van der Waals surface area contributed by atoms with Crippen molar-refractivity contribution in [1.82, 2.24) is 9.78 Å². The number of carbonyl (C=O) groups is 2. The average Bonchev–Trinajstić information content (AvgIpc) is 3.03. The molecule has 2 aromatic rings. The van der Waals surface area contributed by atoms with Gasteiger partial charge in [-0.3, -0.25) is 9.59 Å². The molecule has 1 aromatic carbocycles. The highest BCUT2D eigenvalue weighted by molar-refractivity contribution is 5.96. The topological polar surface area (TPSA) is 97.3 Å². The molecule has 140 valence electrons. The number of benzene rings is 1. The summed E-state index contributed by atoms with van der Waals surface area (Å²) in [6, 6.07) is 6.54. The molecule has 2 amide bonds. The lowest BCUT2D eigenvalue weighted by molar-refractivity contribution is -0.116. The Morgan fingerprint density at radius 1 is 1.15 bits per heavy atom. The molecule has 1 atom stereocenters. The van der Waals surface area contributed by atoms with E-state index in [1.54, 1.807) is 49.2 Å². The third kappa shape index (κ3) is 4.75. The van der Waals surface area contributed by atoms with Gasteiger partial charge in [0, 0.05) is 24.7 Å². The van der Waals surface area contributed by atoms with Gasteiger partial charge in [0.05, 0.1) is 19.0 Å². The summed E-state index contributed by atoms with van der Waals surface area (Å²) >= 11 is 0. The minimum Gasteiger partial charge on any atom is -0.495 e.